The van der Waals surface area contributed by atoms with Crippen molar-refractivity contribution >= 4 is 43.2 Å². The number of sulfonamides is 2. The third-order valence-corrected chi connectivity index (χ3v) is 8.05. The molecule has 0 aliphatic carbocycles. The molecule has 1 amide bonds. The van der Waals surface area contributed by atoms with Crippen molar-refractivity contribution in [3.05, 3.63) is 41.1 Å². The molecule has 1 aromatic carbocycles. The van der Waals surface area contributed by atoms with E-state index in [0.717, 1.165) is 6.07 Å². The summed E-state index contributed by atoms with van der Waals surface area (Å²) in [5.74, 6) is -1.06. The average molecular weight is 492 g/mol. The van der Waals surface area contributed by atoms with Crippen LogP contribution in [-0.2, 0) is 20.0 Å². The number of nitrogens with one attached hydrogen (secondary N) is 2. The summed E-state index contributed by atoms with van der Waals surface area (Å²) in [6.45, 7) is 9.02. The van der Waals surface area contributed by atoms with Crippen molar-refractivity contribution in [3.63, 3.8) is 0 Å². The molecule has 0 aliphatic heterocycles. The van der Waals surface area contributed by atoms with Gasteiger partial charge in [-0.3, -0.25) is 4.79 Å². The fraction of sp³-hybridized carbons (Fsp3) is 0.421. The van der Waals surface area contributed by atoms with Crippen LogP contribution >= 0.6 is 11.6 Å². The van der Waals surface area contributed by atoms with Gasteiger partial charge in [0.1, 0.15) is 0 Å². The summed E-state index contributed by atoms with van der Waals surface area (Å²) in [6, 6.07) is 6.32. The third kappa shape index (κ3) is 6.07. The summed E-state index contributed by atoms with van der Waals surface area (Å²) >= 11 is 6.12. The summed E-state index contributed by atoms with van der Waals surface area (Å²) in [5, 5.41) is 2.16. The minimum absolute atomic E-state index is 0.0343. The second-order valence-electron chi connectivity index (χ2n) is 7.66. The number of benzene rings is 1. The van der Waals surface area contributed by atoms with Gasteiger partial charge in [0.25, 0.3) is 15.9 Å². The number of rotatable bonds is 8. The average Bonchev–Trinajstić information content (AvgIpc) is 3.13. The highest BCUT2D eigenvalue weighted by molar-refractivity contribution is 7.89. The number of furan rings is 1. The van der Waals surface area contributed by atoms with Crippen LogP contribution in [0.3, 0.4) is 0 Å². The number of hydrogen-bond acceptors (Lipinski definition) is 6. The van der Waals surface area contributed by atoms with Crippen LogP contribution in [0.15, 0.2) is 44.7 Å². The van der Waals surface area contributed by atoms with Crippen molar-refractivity contribution in [1.29, 1.82) is 0 Å². The first-order valence-corrected chi connectivity index (χ1v) is 12.8. The Kier molecular flexibility index (Phi) is 7.59. The lowest BCUT2D eigenvalue weighted by Crippen LogP contribution is -2.40. The van der Waals surface area contributed by atoms with Crippen LogP contribution in [-0.4, -0.2) is 45.7 Å². The van der Waals surface area contributed by atoms with Crippen LogP contribution in [0, 0.1) is 0 Å². The smallest absolute Gasteiger partial charge is 0.291 e. The fourth-order valence-corrected chi connectivity index (χ4v) is 5.70. The molecule has 172 valence electrons. The maximum absolute atomic E-state index is 12.7. The zero-order valence-electron chi connectivity index (χ0n) is 17.9. The molecular formula is C19H26ClN3O6S2. The number of nitrogens with zero attached hydrogens (tertiary/aromatic N) is 1. The molecule has 0 saturated carbocycles. The quantitative estimate of drug-likeness (QED) is 0.583. The Morgan fingerprint density at radius 1 is 1.06 bits per heavy atom. The van der Waals surface area contributed by atoms with Gasteiger partial charge in [-0.2, -0.15) is 4.31 Å². The monoisotopic (exact) mass is 491 g/mol. The molecular weight excluding hydrogens is 466 g/mol. The molecule has 0 atom stereocenters. The lowest BCUT2D eigenvalue weighted by atomic mass is 10.1. The number of anilines is 1. The Balaban J connectivity index is 2.30. The van der Waals surface area contributed by atoms with Gasteiger partial charge in [-0.05, 0) is 51.1 Å². The highest BCUT2D eigenvalue weighted by atomic mass is 35.5. The fourth-order valence-electron chi connectivity index (χ4n) is 2.70. The molecule has 1 heterocycles. The van der Waals surface area contributed by atoms with Gasteiger partial charge in [0.05, 0.1) is 15.6 Å². The van der Waals surface area contributed by atoms with E-state index < -0.39 is 36.6 Å². The van der Waals surface area contributed by atoms with E-state index in [0.29, 0.717) is 0 Å². The number of carbonyl (C=O) groups excluding carboxylic acids is 1. The molecule has 0 bridgehead atoms. The second kappa shape index (κ2) is 9.29. The molecule has 2 rings (SSSR count). The highest BCUT2D eigenvalue weighted by Gasteiger charge is 2.27. The van der Waals surface area contributed by atoms with Gasteiger partial charge in [-0.1, -0.05) is 25.4 Å². The van der Waals surface area contributed by atoms with Crippen LogP contribution in [0.1, 0.15) is 45.2 Å². The molecule has 31 heavy (non-hydrogen) atoms. The molecule has 0 saturated heterocycles. The largest absolute Gasteiger partial charge is 0.438 e. The van der Waals surface area contributed by atoms with Crippen LogP contribution in [0.4, 0.5) is 5.69 Å². The van der Waals surface area contributed by atoms with Crippen LogP contribution in [0.5, 0.6) is 0 Å². The van der Waals surface area contributed by atoms with Gasteiger partial charge in [0.15, 0.2) is 5.76 Å². The standard InChI is InChI=1S/C19H26ClN3O6S2/c1-6-23(7-2)31(27,28)13-8-9-14(20)15(12-13)21-18(24)16-10-11-17(29-16)30(25,26)22-19(3,4)5/h8-12,22H,6-7H2,1-5H3,(H,21,24). The van der Waals surface area contributed by atoms with E-state index in [1.165, 1.54) is 28.6 Å². The molecule has 2 aromatic rings. The summed E-state index contributed by atoms with van der Waals surface area (Å²) < 4.78 is 59.0. The number of amides is 1. The van der Waals surface area contributed by atoms with Crippen molar-refractivity contribution in [2.24, 2.45) is 0 Å². The lowest BCUT2D eigenvalue weighted by molar-refractivity contribution is 0.0991. The molecule has 0 unspecified atom stereocenters. The topological polar surface area (TPSA) is 126 Å². The van der Waals surface area contributed by atoms with E-state index in [4.69, 9.17) is 16.0 Å². The van der Waals surface area contributed by atoms with E-state index in [2.05, 4.69) is 10.0 Å². The summed E-state index contributed by atoms with van der Waals surface area (Å²) in [5.41, 5.74) is -0.688. The molecule has 0 spiro atoms. The maximum atomic E-state index is 12.7. The van der Waals surface area contributed by atoms with Crippen molar-refractivity contribution in [2.75, 3.05) is 18.4 Å². The van der Waals surface area contributed by atoms with Crippen molar-refractivity contribution in [2.45, 2.75) is 50.1 Å². The Morgan fingerprint density at radius 2 is 1.68 bits per heavy atom. The third-order valence-electron chi connectivity index (χ3n) is 4.04. The summed E-state index contributed by atoms with van der Waals surface area (Å²) in [7, 11) is -7.72. The van der Waals surface area contributed by atoms with E-state index in [1.54, 1.807) is 34.6 Å². The van der Waals surface area contributed by atoms with Crippen molar-refractivity contribution in [3.8, 4) is 0 Å². The van der Waals surface area contributed by atoms with E-state index in [1.807, 2.05) is 0 Å². The predicted octanol–water partition coefficient (Wildman–Crippen LogP) is 3.29. The minimum atomic E-state index is -3.96. The van der Waals surface area contributed by atoms with Crippen LogP contribution in [0.25, 0.3) is 0 Å². The Bertz CT molecular complexity index is 1160. The van der Waals surface area contributed by atoms with E-state index in [-0.39, 0.29) is 34.5 Å². The SMILES string of the molecule is CCN(CC)S(=O)(=O)c1ccc(Cl)c(NC(=O)c2ccc(S(=O)(=O)NC(C)(C)C)o2)c1. The molecule has 2 N–H and O–H groups in total. The maximum Gasteiger partial charge on any atom is 0.291 e. The summed E-state index contributed by atoms with van der Waals surface area (Å²) in [6.07, 6.45) is 0. The van der Waals surface area contributed by atoms with Gasteiger partial charge in [0, 0.05) is 18.6 Å². The first-order chi connectivity index (χ1) is 14.2. The zero-order chi connectivity index (χ0) is 23.6. The Morgan fingerprint density at radius 3 is 2.23 bits per heavy atom. The van der Waals surface area contributed by atoms with Gasteiger partial charge in [0.2, 0.25) is 15.1 Å². The van der Waals surface area contributed by atoms with Crippen LogP contribution < -0.4 is 10.0 Å². The molecule has 0 fully saturated rings. The van der Waals surface area contributed by atoms with Crippen LogP contribution in [0.2, 0.25) is 5.02 Å². The number of hydrogen-bond donors (Lipinski definition) is 2. The predicted molar refractivity (Wildman–Crippen MR) is 118 cm³/mol. The van der Waals surface area contributed by atoms with Crippen molar-refractivity contribution in [1.82, 2.24) is 9.03 Å². The Labute approximate surface area is 187 Å². The minimum Gasteiger partial charge on any atom is -0.438 e. The molecule has 9 nitrogen and oxygen atoms in total. The molecule has 0 aliphatic rings. The molecule has 12 heteroatoms. The molecule has 1 aromatic heterocycles. The van der Waals surface area contributed by atoms with E-state index in [9.17, 15) is 21.6 Å². The second-order valence-corrected chi connectivity index (χ2v) is 11.6. The van der Waals surface area contributed by atoms with Gasteiger partial charge in [-0.15, -0.1) is 0 Å². The normalized spacial score (nSPS) is 12.9. The Hall–Kier alpha value is -1.92. The summed E-state index contributed by atoms with van der Waals surface area (Å²) in [4.78, 5) is 12.5. The molecule has 0 radical (unpaired) electrons. The number of carbonyl (C=O) groups is 1. The van der Waals surface area contributed by atoms with E-state index >= 15 is 0 Å². The first kappa shape index (κ1) is 25.3. The highest BCUT2D eigenvalue weighted by Crippen LogP contribution is 2.28. The zero-order valence-corrected chi connectivity index (χ0v) is 20.3. The van der Waals surface area contributed by atoms with Gasteiger partial charge in [-0.25, -0.2) is 21.6 Å². The van der Waals surface area contributed by atoms with Crippen molar-refractivity contribution < 1.29 is 26.0 Å². The first-order valence-electron chi connectivity index (χ1n) is 9.46. The van der Waals surface area contributed by atoms with Gasteiger partial charge >= 0.3 is 0 Å². The number of halogens is 1. The lowest BCUT2D eigenvalue weighted by Gasteiger charge is -2.19. The van der Waals surface area contributed by atoms with Gasteiger partial charge < -0.3 is 9.73 Å².